The number of nitrogens with one attached hydrogen (secondary N) is 3. The van der Waals surface area contributed by atoms with Crippen LogP contribution in [0.3, 0.4) is 0 Å². The fraction of sp³-hybridized carbons (Fsp3) is 0.172. The summed E-state index contributed by atoms with van der Waals surface area (Å²) in [6, 6.07) is 13.7. The van der Waals surface area contributed by atoms with Crippen LogP contribution in [0.25, 0.3) is 22.1 Å². The van der Waals surface area contributed by atoms with Crippen LogP contribution in [0.5, 0.6) is 0 Å². The van der Waals surface area contributed by atoms with Gasteiger partial charge in [0.05, 0.1) is 17.1 Å². The summed E-state index contributed by atoms with van der Waals surface area (Å²) in [4.78, 5) is 34.4. The fourth-order valence-electron chi connectivity index (χ4n) is 5.50. The molecular weight excluding hydrogens is 556 g/mol. The molecule has 1 amide bonds. The molecule has 2 aromatic carbocycles. The molecule has 3 aromatic heterocycles. The largest absolute Gasteiger partial charge is 0.370 e. The summed E-state index contributed by atoms with van der Waals surface area (Å²) >= 11 is 0. The van der Waals surface area contributed by atoms with E-state index in [0.29, 0.717) is 28.9 Å². The third kappa shape index (κ3) is 4.25. The zero-order valence-electron chi connectivity index (χ0n) is 22.9. The summed E-state index contributed by atoms with van der Waals surface area (Å²) in [5, 5.41) is 8.38. The normalized spacial score (nSPS) is 13.3. The van der Waals surface area contributed by atoms with Crippen LogP contribution >= 0.6 is 0 Å². The maximum absolute atomic E-state index is 14.2. The van der Waals surface area contributed by atoms with E-state index in [9.17, 15) is 18.0 Å². The maximum atomic E-state index is 14.2. The fourth-order valence-corrected chi connectivity index (χ4v) is 6.00. The number of pyridine rings is 1. The minimum absolute atomic E-state index is 0.0699. The Kier molecular flexibility index (Phi) is 6.44. The highest BCUT2D eigenvalue weighted by Crippen LogP contribution is 2.40. The van der Waals surface area contributed by atoms with Gasteiger partial charge >= 0.3 is 0 Å². The van der Waals surface area contributed by atoms with Crippen LogP contribution in [-0.2, 0) is 16.8 Å². The van der Waals surface area contributed by atoms with Gasteiger partial charge in [-0.25, -0.2) is 14.2 Å². The molecule has 0 saturated heterocycles. The third-order valence-corrected chi connectivity index (χ3v) is 8.31. The van der Waals surface area contributed by atoms with E-state index in [1.165, 1.54) is 17.8 Å². The van der Waals surface area contributed by atoms with Gasteiger partial charge in [0, 0.05) is 60.9 Å². The lowest BCUT2D eigenvalue weighted by Gasteiger charge is -2.23. The molecule has 4 heterocycles. The van der Waals surface area contributed by atoms with Crippen molar-refractivity contribution in [1.82, 2.24) is 29.2 Å². The van der Waals surface area contributed by atoms with Gasteiger partial charge in [-0.15, -0.1) is 11.5 Å². The number of hydrogen-bond donors (Lipinski definition) is 3. The zero-order valence-corrected chi connectivity index (χ0v) is 23.7. The average Bonchev–Trinajstić information content (AvgIpc) is 3.51. The number of anilines is 2. The summed E-state index contributed by atoms with van der Waals surface area (Å²) in [5.74, 6) is 1.83. The summed E-state index contributed by atoms with van der Waals surface area (Å²) < 4.78 is 32.0. The second-order valence-electron chi connectivity index (χ2n) is 9.84. The van der Waals surface area contributed by atoms with E-state index in [0.717, 1.165) is 16.6 Å². The molecule has 212 valence electrons. The Morgan fingerprint density at radius 3 is 2.60 bits per heavy atom. The number of benzene rings is 2. The number of fused-ring (bicyclic) bond motifs is 1. The van der Waals surface area contributed by atoms with E-state index in [2.05, 4.69) is 30.8 Å². The lowest BCUT2D eigenvalue weighted by Crippen LogP contribution is -2.34. The number of nitrogens with zero attached hydrogens (tertiary/aromatic N) is 5. The number of carbonyl (C=O) groups is 1. The Morgan fingerprint density at radius 2 is 1.88 bits per heavy atom. The lowest BCUT2D eigenvalue weighted by atomic mass is 9.97. The van der Waals surface area contributed by atoms with E-state index in [1.54, 1.807) is 29.8 Å². The molecule has 1 aliphatic heterocycles. The molecular formula is C29H26N8O4S. The Bertz CT molecular complexity index is 2110. The highest BCUT2D eigenvalue weighted by molar-refractivity contribution is 7.90. The zero-order chi connectivity index (χ0) is 29.8. The molecule has 5 aromatic rings. The van der Waals surface area contributed by atoms with E-state index >= 15 is 0 Å². The van der Waals surface area contributed by atoms with Crippen LogP contribution in [0.2, 0.25) is 0 Å². The SMILES string of the molecule is C#Cc1ccc2c3c(c(C(C)NC(=O)c4c(NS(=O)(=O)NC)nn5cccnc45)n(-c4ccccc4)c(=O)c13)CN2C. The van der Waals surface area contributed by atoms with Crippen molar-refractivity contribution in [2.45, 2.75) is 19.5 Å². The summed E-state index contributed by atoms with van der Waals surface area (Å²) in [5.41, 5.74) is 3.17. The van der Waals surface area contributed by atoms with Crippen LogP contribution in [0, 0.1) is 12.3 Å². The predicted molar refractivity (Wildman–Crippen MR) is 160 cm³/mol. The molecule has 0 radical (unpaired) electrons. The van der Waals surface area contributed by atoms with Crippen LogP contribution in [0.15, 0.2) is 65.7 Å². The third-order valence-electron chi connectivity index (χ3n) is 7.31. The smallest absolute Gasteiger partial charge is 0.300 e. The van der Waals surface area contributed by atoms with Gasteiger partial charge < -0.3 is 10.2 Å². The minimum Gasteiger partial charge on any atom is -0.370 e. The standard InChI is InChI=1S/C29H26N8O4S/c1-5-18-12-13-21-23-20(16-35(21)4)25(37(29(39)22(18)23)19-10-7-6-8-11-19)17(2)32-28(38)24-26(34-42(40,41)30-3)33-36-15-9-14-31-27(24)36/h1,6-15,17,30H,16H2,2-4H3,(H,32,38)(H,33,34). The van der Waals surface area contributed by atoms with Crippen molar-refractivity contribution in [2.75, 3.05) is 23.7 Å². The summed E-state index contributed by atoms with van der Waals surface area (Å²) in [7, 11) is -0.830. The highest BCUT2D eigenvalue weighted by atomic mass is 32.2. The molecule has 6 rings (SSSR count). The number of para-hydroxylation sites is 1. The molecule has 3 N–H and O–H groups in total. The molecule has 0 bridgehead atoms. The quantitative estimate of drug-likeness (QED) is 0.250. The summed E-state index contributed by atoms with van der Waals surface area (Å²) in [6.07, 6.45) is 8.85. The molecule has 12 nitrogen and oxygen atoms in total. The average molecular weight is 583 g/mol. The number of aromatic nitrogens is 4. The van der Waals surface area contributed by atoms with Crippen molar-refractivity contribution in [3.63, 3.8) is 0 Å². The van der Waals surface area contributed by atoms with Gasteiger partial charge in [0.2, 0.25) is 0 Å². The van der Waals surface area contributed by atoms with Crippen molar-refractivity contribution in [1.29, 1.82) is 0 Å². The Balaban J connectivity index is 1.54. The first kappa shape index (κ1) is 27.0. The van der Waals surface area contributed by atoms with Gasteiger partial charge in [-0.2, -0.15) is 8.42 Å². The van der Waals surface area contributed by atoms with Crippen molar-refractivity contribution in [3.05, 3.63) is 93.7 Å². The van der Waals surface area contributed by atoms with Gasteiger partial charge in [0.1, 0.15) is 5.56 Å². The number of terminal acetylenes is 1. The topological polar surface area (TPSA) is 143 Å². The Morgan fingerprint density at radius 1 is 1.12 bits per heavy atom. The Labute approximate surface area is 241 Å². The van der Waals surface area contributed by atoms with Crippen molar-refractivity contribution in [2.24, 2.45) is 0 Å². The first-order valence-corrected chi connectivity index (χ1v) is 14.5. The van der Waals surface area contributed by atoms with E-state index in [1.807, 2.05) is 48.3 Å². The van der Waals surface area contributed by atoms with Crippen LogP contribution in [-0.4, -0.2) is 47.6 Å². The number of hydrogen-bond acceptors (Lipinski definition) is 7. The lowest BCUT2D eigenvalue weighted by molar-refractivity contribution is 0.0941. The van der Waals surface area contributed by atoms with E-state index < -0.39 is 22.2 Å². The molecule has 0 saturated carbocycles. The van der Waals surface area contributed by atoms with Gasteiger partial charge in [-0.1, -0.05) is 24.1 Å². The molecule has 1 atom stereocenters. The van der Waals surface area contributed by atoms with Gasteiger partial charge in [0.25, 0.3) is 21.7 Å². The first-order chi connectivity index (χ1) is 20.1. The molecule has 13 heteroatoms. The molecule has 0 spiro atoms. The molecule has 1 unspecified atom stereocenters. The monoisotopic (exact) mass is 582 g/mol. The molecule has 1 aliphatic rings. The first-order valence-electron chi connectivity index (χ1n) is 13.0. The van der Waals surface area contributed by atoms with Gasteiger partial charge in [-0.3, -0.25) is 18.9 Å². The number of carbonyl (C=O) groups excluding carboxylic acids is 1. The van der Waals surface area contributed by atoms with E-state index in [4.69, 9.17) is 6.42 Å². The van der Waals surface area contributed by atoms with Crippen molar-refractivity contribution in [3.8, 4) is 18.0 Å². The van der Waals surface area contributed by atoms with Crippen LogP contribution < -0.4 is 25.2 Å². The van der Waals surface area contributed by atoms with Crippen molar-refractivity contribution >= 4 is 44.0 Å². The molecule has 42 heavy (non-hydrogen) atoms. The predicted octanol–water partition coefficient (Wildman–Crippen LogP) is 2.33. The molecule has 0 aliphatic carbocycles. The molecule has 0 fully saturated rings. The van der Waals surface area contributed by atoms with Crippen molar-refractivity contribution < 1.29 is 13.2 Å². The number of rotatable bonds is 7. The van der Waals surface area contributed by atoms with Crippen LogP contribution in [0.1, 0.15) is 40.1 Å². The van der Waals surface area contributed by atoms with Gasteiger partial charge in [0.15, 0.2) is 11.5 Å². The second kappa shape index (κ2) is 10.0. The number of amides is 1. The van der Waals surface area contributed by atoms with E-state index in [-0.39, 0.29) is 22.6 Å². The summed E-state index contributed by atoms with van der Waals surface area (Å²) in [6.45, 7) is 2.25. The van der Waals surface area contributed by atoms with Gasteiger partial charge in [-0.05, 0) is 37.3 Å². The maximum Gasteiger partial charge on any atom is 0.300 e. The highest BCUT2D eigenvalue weighted by Gasteiger charge is 2.32. The Hall–Kier alpha value is -5.19. The second-order valence-corrected chi connectivity index (χ2v) is 11.5. The van der Waals surface area contributed by atoms with Crippen LogP contribution in [0.4, 0.5) is 11.5 Å². The minimum atomic E-state index is -4.00.